The van der Waals surface area contributed by atoms with Crippen molar-refractivity contribution >= 4 is 11.7 Å². The molecule has 4 rings (SSSR count). The number of methoxy groups -OCH3 is 2. The number of likely N-dealkylation sites (tertiary alicyclic amines) is 1. The number of nitrogens with zero attached hydrogens (tertiary/aromatic N) is 5. The Morgan fingerprint density at radius 2 is 1.94 bits per heavy atom. The molecule has 1 aromatic carbocycles. The second kappa shape index (κ2) is 9.11. The first-order valence-electron chi connectivity index (χ1n) is 11.0. The van der Waals surface area contributed by atoms with E-state index in [1.54, 1.807) is 34.1 Å². The van der Waals surface area contributed by atoms with Crippen molar-refractivity contribution in [2.75, 3.05) is 20.8 Å². The Kier molecular flexibility index (Phi) is 6.37. The minimum Gasteiger partial charge on any atom is -0.497 e. The Bertz CT molecular complexity index is 1220. The van der Waals surface area contributed by atoms with Crippen LogP contribution < -0.4 is 9.47 Å². The second-order valence-electron chi connectivity index (χ2n) is 8.26. The SMILES string of the molecule is COc1ccc(C2CCCN2C(=O)CCc2c(C)nc3nc(C(F)(F)F)nn3c2C)c(OC)c1. The first-order chi connectivity index (χ1) is 16.1. The van der Waals surface area contributed by atoms with Crippen LogP contribution in [0.2, 0.25) is 0 Å². The number of ether oxygens (including phenoxy) is 2. The van der Waals surface area contributed by atoms with Crippen LogP contribution in [0, 0.1) is 13.8 Å². The third kappa shape index (κ3) is 4.38. The fourth-order valence-corrected chi connectivity index (χ4v) is 4.55. The van der Waals surface area contributed by atoms with E-state index in [1.165, 1.54) is 0 Å². The maximum absolute atomic E-state index is 13.2. The molecule has 1 saturated heterocycles. The van der Waals surface area contributed by atoms with Gasteiger partial charge in [-0.05, 0) is 50.8 Å². The average molecular weight is 477 g/mol. The minimum absolute atomic E-state index is 0.0335. The quantitative estimate of drug-likeness (QED) is 0.532. The number of carbonyl (C=O) groups is 1. The number of halogens is 3. The van der Waals surface area contributed by atoms with Crippen molar-refractivity contribution in [2.45, 2.75) is 51.7 Å². The smallest absolute Gasteiger partial charge is 0.453 e. The van der Waals surface area contributed by atoms with Gasteiger partial charge in [0.25, 0.3) is 11.6 Å². The highest BCUT2D eigenvalue weighted by Gasteiger charge is 2.37. The zero-order valence-electron chi connectivity index (χ0n) is 19.4. The lowest BCUT2D eigenvalue weighted by Crippen LogP contribution is -2.31. The predicted octanol–water partition coefficient (Wildman–Crippen LogP) is 4.07. The molecule has 11 heteroatoms. The summed E-state index contributed by atoms with van der Waals surface area (Å²) in [4.78, 5) is 22.7. The van der Waals surface area contributed by atoms with Gasteiger partial charge in [-0.15, -0.1) is 5.10 Å². The van der Waals surface area contributed by atoms with Gasteiger partial charge in [0.2, 0.25) is 5.91 Å². The Labute approximate surface area is 194 Å². The summed E-state index contributed by atoms with van der Waals surface area (Å²) in [5, 5.41) is 3.57. The maximum Gasteiger partial charge on any atom is 0.453 e. The van der Waals surface area contributed by atoms with E-state index in [1.807, 2.05) is 17.0 Å². The zero-order valence-corrected chi connectivity index (χ0v) is 19.4. The number of rotatable bonds is 6. The fourth-order valence-electron chi connectivity index (χ4n) is 4.55. The third-order valence-corrected chi connectivity index (χ3v) is 6.26. The molecule has 2 aromatic heterocycles. The third-order valence-electron chi connectivity index (χ3n) is 6.26. The number of amides is 1. The van der Waals surface area contributed by atoms with Crippen molar-refractivity contribution in [2.24, 2.45) is 0 Å². The summed E-state index contributed by atoms with van der Waals surface area (Å²) in [6.45, 7) is 4.00. The summed E-state index contributed by atoms with van der Waals surface area (Å²) in [6, 6.07) is 5.46. The molecule has 1 unspecified atom stereocenters. The van der Waals surface area contributed by atoms with E-state index in [0.717, 1.165) is 22.9 Å². The molecule has 8 nitrogen and oxygen atoms in total. The summed E-state index contributed by atoms with van der Waals surface area (Å²) in [5.74, 6) is -0.0364. The number of carbonyl (C=O) groups excluding carboxylic acids is 1. The molecule has 0 radical (unpaired) electrons. The Morgan fingerprint density at radius 1 is 1.18 bits per heavy atom. The van der Waals surface area contributed by atoms with Gasteiger partial charge in [0.15, 0.2) is 0 Å². The molecular formula is C23H26F3N5O3. The van der Waals surface area contributed by atoms with E-state index in [-0.39, 0.29) is 24.1 Å². The van der Waals surface area contributed by atoms with Crippen molar-refractivity contribution in [3.63, 3.8) is 0 Å². The summed E-state index contributed by atoms with van der Waals surface area (Å²) in [6.07, 6.45) is -2.43. The molecule has 34 heavy (non-hydrogen) atoms. The summed E-state index contributed by atoms with van der Waals surface area (Å²) in [5.41, 5.74) is 2.64. The highest BCUT2D eigenvalue weighted by Crippen LogP contribution is 2.39. The zero-order chi connectivity index (χ0) is 24.6. The van der Waals surface area contributed by atoms with Crippen LogP contribution >= 0.6 is 0 Å². The van der Waals surface area contributed by atoms with E-state index in [2.05, 4.69) is 15.1 Å². The summed E-state index contributed by atoms with van der Waals surface area (Å²) < 4.78 is 51.0. The first-order valence-corrected chi connectivity index (χ1v) is 11.0. The molecule has 182 valence electrons. The number of fused-ring (bicyclic) bond motifs is 1. The Morgan fingerprint density at radius 3 is 2.62 bits per heavy atom. The fraction of sp³-hybridized carbons (Fsp3) is 0.478. The molecule has 3 heterocycles. The van der Waals surface area contributed by atoms with E-state index in [0.29, 0.717) is 41.4 Å². The summed E-state index contributed by atoms with van der Waals surface area (Å²) >= 11 is 0. The molecule has 0 saturated carbocycles. The predicted molar refractivity (Wildman–Crippen MR) is 117 cm³/mol. The van der Waals surface area contributed by atoms with Crippen LogP contribution in [0.25, 0.3) is 5.78 Å². The summed E-state index contributed by atoms with van der Waals surface area (Å²) in [7, 11) is 3.17. The van der Waals surface area contributed by atoms with Crippen molar-refractivity contribution in [1.82, 2.24) is 24.5 Å². The molecule has 1 aliphatic rings. The van der Waals surface area contributed by atoms with Crippen molar-refractivity contribution in [1.29, 1.82) is 0 Å². The number of aryl methyl sites for hydroxylation is 2. The van der Waals surface area contributed by atoms with Crippen LogP contribution in [-0.2, 0) is 17.4 Å². The lowest BCUT2D eigenvalue weighted by molar-refractivity contribution is -0.144. The van der Waals surface area contributed by atoms with Gasteiger partial charge in [-0.2, -0.15) is 18.2 Å². The molecule has 0 aliphatic carbocycles. The van der Waals surface area contributed by atoms with E-state index in [9.17, 15) is 18.0 Å². The normalized spacial score (nSPS) is 16.3. The van der Waals surface area contributed by atoms with Crippen LogP contribution in [0.15, 0.2) is 18.2 Å². The highest BCUT2D eigenvalue weighted by atomic mass is 19.4. The molecule has 1 aliphatic heterocycles. The van der Waals surface area contributed by atoms with Gasteiger partial charge < -0.3 is 14.4 Å². The monoisotopic (exact) mass is 477 g/mol. The number of benzene rings is 1. The minimum atomic E-state index is -4.66. The van der Waals surface area contributed by atoms with E-state index < -0.39 is 12.0 Å². The molecule has 1 amide bonds. The second-order valence-corrected chi connectivity index (χ2v) is 8.26. The van der Waals surface area contributed by atoms with Gasteiger partial charge in [0.1, 0.15) is 11.5 Å². The topological polar surface area (TPSA) is 81.9 Å². The number of hydrogen-bond donors (Lipinski definition) is 0. The molecule has 3 aromatic rings. The molecule has 0 N–H and O–H groups in total. The molecule has 0 bridgehead atoms. The van der Waals surface area contributed by atoms with Crippen LogP contribution in [0.4, 0.5) is 13.2 Å². The van der Waals surface area contributed by atoms with Crippen molar-refractivity contribution in [3.05, 3.63) is 46.5 Å². The van der Waals surface area contributed by atoms with E-state index >= 15 is 0 Å². The van der Waals surface area contributed by atoms with Crippen molar-refractivity contribution < 1.29 is 27.4 Å². The largest absolute Gasteiger partial charge is 0.497 e. The first kappa shape index (κ1) is 23.8. The van der Waals surface area contributed by atoms with Gasteiger partial charge in [-0.1, -0.05) is 0 Å². The maximum atomic E-state index is 13.2. The van der Waals surface area contributed by atoms with Gasteiger partial charge in [-0.3, -0.25) is 4.79 Å². The van der Waals surface area contributed by atoms with Crippen LogP contribution in [0.1, 0.15) is 53.6 Å². The standard InChI is InChI=1S/C23H26F3N5O3/c1-13-16(14(2)31-22(27-13)28-21(29-31)23(24,25)26)9-10-20(32)30-11-5-6-18(30)17-8-7-15(33-3)12-19(17)34-4/h7-8,12,18H,5-6,9-11H2,1-4H3. The lowest BCUT2D eigenvalue weighted by Gasteiger charge is -2.27. The van der Waals surface area contributed by atoms with Crippen LogP contribution in [0.5, 0.6) is 11.5 Å². The molecule has 0 spiro atoms. The van der Waals surface area contributed by atoms with Gasteiger partial charge in [0.05, 0.1) is 20.3 Å². The Balaban J connectivity index is 1.54. The van der Waals surface area contributed by atoms with Gasteiger partial charge >= 0.3 is 6.18 Å². The molecular weight excluding hydrogens is 451 g/mol. The lowest BCUT2D eigenvalue weighted by atomic mass is 10.0. The molecule has 1 atom stereocenters. The average Bonchev–Trinajstić information content (AvgIpc) is 3.45. The van der Waals surface area contributed by atoms with E-state index in [4.69, 9.17) is 9.47 Å². The van der Waals surface area contributed by atoms with Gasteiger partial charge in [0, 0.05) is 36.0 Å². The Hall–Kier alpha value is -3.37. The van der Waals surface area contributed by atoms with Gasteiger partial charge in [-0.25, -0.2) is 9.50 Å². The van der Waals surface area contributed by atoms with Crippen molar-refractivity contribution in [3.8, 4) is 11.5 Å². The number of aromatic nitrogens is 4. The van der Waals surface area contributed by atoms with Crippen LogP contribution in [0.3, 0.4) is 0 Å². The number of hydrogen-bond acceptors (Lipinski definition) is 6. The molecule has 1 fully saturated rings. The number of alkyl halides is 3. The van der Waals surface area contributed by atoms with Crippen LogP contribution in [-0.4, -0.2) is 51.2 Å². The highest BCUT2D eigenvalue weighted by molar-refractivity contribution is 5.77.